The molecule has 0 atom stereocenters. The zero-order valence-electron chi connectivity index (χ0n) is 38.9. The molecule has 0 N–H and O–H groups in total. The van der Waals surface area contributed by atoms with Crippen molar-refractivity contribution in [2.24, 2.45) is 0 Å². The molecule has 6 nitrogen and oxygen atoms in total. The third-order valence-corrected chi connectivity index (χ3v) is 14.2. The van der Waals surface area contributed by atoms with Gasteiger partial charge in [0.15, 0.2) is 0 Å². The minimum absolute atomic E-state index is 0.0588. The monoisotopic (exact) mass is 899 g/mol. The Morgan fingerprint density at radius 3 is 1.87 bits per heavy atom. The van der Waals surface area contributed by atoms with E-state index in [-0.39, 0.29) is 5.41 Å². The van der Waals surface area contributed by atoms with E-state index in [1.54, 1.807) is 0 Å². The van der Waals surface area contributed by atoms with Crippen molar-refractivity contribution < 1.29 is 9.30 Å². The van der Waals surface area contributed by atoms with E-state index in [2.05, 4.69) is 252 Å². The number of ether oxygens (including phenoxy) is 1. The topological polar surface area (TPSA) is 40.8 Å². The molecule has 4 aliphatic rings. The fraction of sp³-hybridized carbons (Fsp3) is 0.0625. The third kappa shape index (κ3) is 6.26. The second-order valence-corrected chi connectivity index (χ2v) is 19.5. The number of rotatable bonds is 1. The van der Waals surface area contributed by atoms with E-state index in [1.165, 1.54) is 33.0 Å². The zero-order chi connectivity index (χ0) is 46.7. The van der Waals surface area contributed by atoms with Crippen LogP contribution in [0.2, 0.25) is 0 Å². The number of benzene rings is 9. The second-order valence-electron chi connectivity index (χ2n) is 19.5. The van der Waals surface area contributed by atoms with Crippen LogP contribution in [-0.2, 0) is 5.41 Å². The number of aromatic nitrogens is 5. The van der Waals surface area contributed by atoms with E-state index in [0.717, 1.165) is 94.9 Å². The molecule has 4 aliphatic heterocycles. The zero-order valence-corrected chi connectivity index (χ0v) is 38.9. The SMILES string of the molecule is CC(C)(C)c1ccnc(-n2c3ccc4cc3c3ccc(cc32)Oc2cccc(c2)-n2[c-][n+](c3ccccc32)-c2ccccc2-c2cccc(c2)-n2c3ccccc3c3cc(ccc32)-c2ccccc2-4)c1. The van der Waals surface area contributed by atoms with E-state index in [0.29, 0.717) is 0 Å². The van der Waals surface area contributed by atoms with E-state index in [1.807, 2.05) is 12.3 Å². The highest BCUT2D eigenvalue weighted by molar-refractivity contribution is 6.12. The molecule has 8 heterocycles. The molecule has 15 bridgehead atoms. The van der Waals surface area contributed by atoms with E-state index < -0.39 is 0 Å². The lowest BCUT2D eigenvalue weighted by Gasteiger charge is -2.20. The molecule has 332 valence electrons. The van der Waals surface area contributed by atoms with Crippen LogP contribution in [-0.4, -0.2) is 18.7 Å². The number of nitrogens with zero attached hydrogens (tertiary/aromatic N) is 5. The van der Waals surface area contributed by atoms with E-state index in [4.69, 9.17) is 9.72 Å². The maximum atomic E-state index is 6.84. The Morgan fingerprint density at radius 2 is 1.07 bits per heavy atom. The predicted octanol–water partition coefficient (Wildman–Crippen LogP) is 15.7. The average Bonchev–Trinajstić information content (AvgIpc) is 4.06. The van der Waals surface area contributed by atoms with Crippen LogP contribution in [0.25, 0.3) is 111 Å². The van der Waals surface area contributed by atoms with Crippen molar-refractivity contribution in [2.45, 2.75) is 26.2 Å². The summed E-state index contributed by atoms with van der Waals surface area (Å²) < 4.78 is 15.9. The number of imidazole rings is 1. The fourth-order valence-corrected chi connectivity index (χ4v) is 10.9. The molecule has 70 heavy (non-hydrogen) atoms. The molecule has 0 saturated heterocycles. The Kier molecular flexibility index (Phi) is 8.74. The largest absolute Gasteiger partial charge is 0.458 e. The van der Waals surface area contributed by atoms with E-state index >= 15 is 0 Å². The van der Waals surface area contributed by atoms with Crippen molar-refractivity contribution in [1.29, 1.82) is 0 Å². The van der Waals surface area contributed by atoms with Gasteiger partial charge in [-0.3, -0.25) is 13.7 Å². The summed E-state index contributed by atoms with van der Waals surface area (Å²) >= 11 is 0. The molecule has 0 radical (unpaired) electrons. The van der Waals surface area contributed by atoms with Gasteiger partial charge in [-0.25, -0.2) is 4.98 Å². The van der Waals surface area contributed by atoms with Gasteiger partial charge in [-0.15, -0.1) is 0 Å². The molecule has 0 unspecified atom stereocenters. The highest BCUT2D eigenvalue weighted by Crippen LogP contribution is 2.42. The first-order valence-corrected chi connectivity index (χ1v) is 23.9. The first-order valence-electron chi connectivity index (χ1n) is 23.9. The van der Waals surface area contributed by atoms with Crippen LogP contribution < -0.4 is 9.30 Å². The summed E-state index contributed by atoms with van der Waals surface area (Å²) in [4.78, 5) is 5.02. The molecular weight excluding hydrogens is 855 g/mol. The molecule has 4 aromatic heterocycles. The molecule has 9 aromatic carbocycles. The van der Waals surface area contributed by atoms with Gasteiger partial charge in [0.2, 0.25) is 0 Å². The molecule has 0 amide bonds. The van der Waals surface area contributed by atoms with Crippen molar-refractivity contribution in [3.05, 3.63) is 230 Å². The van der Waals surface area contributed by atoms with Gasteiger partial charge in [0, 0.05) is 39.5 Å². The van der Waals surface area contributed by atoms with Crippen molar-refractivity contribution in [3.63, 3.8) is 0 Å². The van der Waals surface area contributed by atoms with Crippen molar-refractivity contribution in [3.8, 4) is 67.8 Å². The molecule has 17 rings (SSSR count). The summed E-state index contributed by atoms with van der Waals surface area (Å²) in [6.45, 7) is 6.74. The summed E-state index contributed by atoms with van der Waals surface area (Å²) in [6, 6.07) is 76.6. The number of hydrogen-bond donors (Lipinski definition) is 0. The van der Waals surface area contributed by atoms with Gasteiger partial charge in [0.05, 0.1) is 44.5 Å². The Morgan fingerprint density at radius 1 is 0.443 bits per heavy atom. The summed E-state index contributed by atoms with van der Waals surface area (Å²) in [7, 11) is 0. The van der Waals surface area contributed by atoms with Gasteiger partial charge in [-0.05, 0) is 135 Å². The van der Waals surface area contributed by atoms with Gasteiger partial charge in [-0.1, -0.05) is 136 Å². The van der Waals surface area contributed by atoms with Crippen LogP contribution >= 0.6 is 0 Å². The molecule has 13 aromatic rings. The van der Waals surface area contributed by atoms with Gasteiger partial charge >= 0.3 is 0 Å². The molecular formula is C64H45N5O. The molecule has 0 aliphatic carbocycles. The maximum Gasteiger partial charge on any atom is 0.269 e. The van der Waals surface area contributed by atoms with Crippen molar-refractivity contribution in [2.75, 3.05) is 0 Å². The quantitative estimate of drug-likeness (QED) is 0.122. The number of hydrogen-bond acceptors (Lipinski definition) is 2. The number of para-hydroxylation sites is 4. The first-order chi connectivity index (χ1) is 34.3. The molecule has 6 heteroatoms. The van der Waals surface area contributed by atoms with Gasteiger partial charge in [0.25, 0.3) is 6.33 Å². The van der Waals surface area contributed by atoms with E-state index in [9.17, 15) is 0 Å². The standard InChI is InChI=1S/C64H45N5O/c1-64(2,3)44-32-33-65-63(37-44)69-59-31-27-43-36-55(59)53-29-28-48(39-62(53)69)70-47-17-13-15-45(38-47)66-40-67(61-25-11-10-24-60(61)66)56-22-8-6-20-51(56)41-14-12-16-46(34-41)68-57-23-9-7-21-52(57)54-35-42(26-30-58(54)68)49-18-4-5-19-50(43)49/h4-39H,1-3H3. The smallest absolute Gasteiger partial charge is 0.269 e. The normalized spacial score (nSPS) is 12.3. The Balaban J connectivity index is 1.05. The summed E-state index contributed by atoms with van der Waals surface area (Å²) in [6.07, 6.45) is 5.71. The Hall–Kier alpha value is -9.00. The highest BCUT2D eigenvalue weighted by atomic mass is 16.5. The number of fused-ring (bicyclic) bond motifs is 2. The predicted molar refractivity (Wildman–Crippen MR) is 285 cm³/mol. The van der Waals surface area contributed by atoms with Crippen LogP contribution in [0.3, 0.4) is 0 Å². The van der Waals surface area contributed by atoms with Crippen LogP contribution in [0.5, 0.6) is 11.5 Å². The second kappa shape index (κ2) is 15.3. The lowest BCUT2D eigenvalue weighted by Crippen LogP contribution is -2.30. The Bertz CT molecular complexity index is 4270. The molecule has 0 saturated carbocycles. The summed E-state index contributed by atoms with van der Waals surface area (Å²) in [5, 5.41) is 4.68. The number of pyridine rings is 1. The minimum atomic E-state index is -0.0588. The third-order valence-electron chi connectivity index (χ3n) is 14.2. The van der Waals surface area contributed by atoms with Crippen LogP contribution in [0.4, 0.5) is 0 Å². The average molecular weight is 900 g/mol. The van der Waals surface area contributed by atoms with Gasteiger partial charge in [-0.2, -0.15) is 0 Å². The van der Waals surface area contributed by atoms with Gasteiger partial charge < -0.3 is 9.30 Å². The van der Waals surface area contributed by atoms with Crippen molar-refractivity contribution >= 4 is 54.6 Å². The summed E-state index contributed by atoms with van der Waals surface area (Å²) in [5.41, 5.74) is 17.6. The van der Waals surface area contributed by atoms with Crippen molar-refractivity contribution in [1.82, 2.24) is 18.7 Å². The lowest BCUT2D eigenvalue weighted by molar-refractivity contribution is -0.571. The maximum absolute atomic E-state index is 6.84. The first kappa shape index (κ1) is 40.1. The Labute approximate surface area is 405 Å². The van der Waals surface area contributed by atoms with Gasteiger partial charge in [0.1, 0.15) is 17.3 Å². The highest BCUT2D eigenvalue weighted by Gasteiger charge is 2.22. The minimum Gasteiger partial charge on any atom is -0.458 e. The molecule has 0 spiro atoms. The molecule has 0 fully saturated rings. The van der Waals surface area contributed by atoms with Crippen LogP contribution in [0, 0.1) is 6.33 Å². The summed E-state index contributed by atoms with van der Waals surface area (Å²) in [5.74, 6) is 2.33. The van der Waals surface area contributed by atoms with Crippen LogP contribution in [0.15, 0.2) is 219 Å². The lowest BCUT2D eigenvalue weighted by atomic mass is 9.88. The van der Waals surface area contributed by atoms with Crippen LogP contribution in [0.1, 0.15) is 26.3 Å². The fourth-order valence-electron chi connectivity index (χ4n) is 10.9.